The van der Waals surface area contributed by atoms with Crippen molar-refractivity contribution in [3.05, 3.63) is 23.2 Å². The van der Waals surface area contributed by atoms with Gasteiger partial charge in [-0.05, 0) is 42.6 Å². The van der Waals surface area contributed by atoms with Gasteiger partial charge in [0.1, 0.15) is 5.82 Å². The molecule has 2 aromatic rings. The van der Waals surface area contributed by atoms with E-state index < -0.39 is 6.09 Å². The first-order valence-electron chi connectivity index (χ1n) is 8.09. The zero-order valence-corrected chi connectivity index (χ0v) is 15.1. The molecule has 25 heavy (non-hydrogen) atoms. The molecule has 1 atom stereocenters. The van der Waals surface area contributed by atoms with Crippen LogP contribution < -0.4 is 10.6 Å². The summed E-state index contributed by atoms with van der Waals surface area (Å²) in [6.07, 6.45) is 0.472. The lowest BCUT2D eigenvalue weighted by Crippen LogP contribution is -2.45. The predicted molar refractivity (Wildman–Crippen MR) is 98.5 cm³/mol. The number of anilines is 1. The number of hydrogen-bond donors (Lipinski definition) is 3. The van der Waals surface area contributed by atoms with Gasteiger partial charge < -0.3 is 20.6 Å². The third-order valence-electron chi connectivity index (χ3n) is 4.21. The van der Waals surface area contributed by atoms with E-state index in [9.17, 15) is 9.59 Å². The molecule has 0 radical (unpaired) electrons. The van der Waals surface area contributed by atoms with E-state index in [1.165, 1.54) is 16.4 Å². The van der Waals surface area contributed by atoms with Crippen LogP contribution in [0.15, 0.2) is 18.2 Å². The van der Waals surface area contributed by atoms with E-state index in [4.69, 9.17) is 16.7 Å². The SMILES string of the molecule is O=C(NCCNc1nsc2ccc(Cl)cc12)C1CCCN(C(=O)O)C1. The van der Waals surface area contributed by atoms with Gasteiger partial charge >= 0.3 is 6.09 Å². The molecule has 2 heterocycles. The fourth-order valence-electron chi connectivity index (χ4n) is 2.91. The number of hydrogen-bond acceptors (Lipinski definition) is 5. The molecular formula is C16H19ClN4O3S. The molecule has 7 nitrogen and oxygen atoms in total. The molecule has 1 aromatic heterocycles. The number of rotatable bonds is 5. The summed E-state index contributed by atoms with van der Waals surface area (Å²) in [6.45, 7) is 1.75. The Bertz CT molecular complexity index is 782. The van der Waals surface area contributed by atoms with Crippen LogP contribution in [0.5, 0.6) is 0 Å². The number of piperidine rings is 1. The Morgan fingerprint density at radius 3 is 3.04 bits per heavy atom. The van der Waals surface area contributed by atoms with Gasteiger partial charge in [-0.15, -0.1) is 0 Å². The number of carbonyl (C=O) groups is 2. The lowest BCUT2D eigenvalue weighted by molar-refractivity contribution is -0.126. The third kappa shape index (κ3) is 4.32. The summed E-state index contributed by atoms with van der Waals surface area (Å²) in [6, 6.07) is 5.63. The molecule has 2 amide bonds. The van der Waals surface area contributed by atoms with Gasteiger partial charge in [-0.3, -0.25) is 4.79 Å². The second-order valence-electron chi connectivity index (χ2n) is 5.96. The van der Waals surface area contributed by atoms with Crippen molar-refractivity contribution in [1.82, 2.24) is 14.6 Å². The predicted octanol–water partition coefficient (Wildman–Crippen LogP) is 2.87. The summed E-state index contributed by atoms with van der Waals surface area (Å²) in [4.78, 5) is 24.5. The number of amides is 2. The highest BCUT2D eigenvalue weighted by Crippen LogP contribution is 2.29. The Morgan fingerprint density at radius 1 is 1.40 bits per heavy atom. The van der Waals surface area contributed by atoms with Gasteiger partial charge in [0.15, 0.2) is 0 Å². The molecular weight excluding hydrogens is 364 g/mol. The van der Waals surface area contributed by atoms with Crippen LogP contribution in [-0.4, -0.2) is 52.6 Å². The van der Waals surface area contributed by atoms with Gasteiger partial charge in [0.05, 0.1) is 10.6 Å². The highest BCUT2D eigenvalue weighted by atomic mass is 35.5. The quantitative estimate of drug-likeness (QED) is 0.691. The largest absolute Gasteiger partial charge is 0.465 e. The summed E-state index contributed by atoms with van der Waals surface area (Å²) in [5, 5.41) is 16.7. The highest BCUT2D eigenvalue weighted by Gasteiger charge is 2.27. The highest BCUT2D eigenvalue weighted by molar-refractivity contribution is 7.13. The number of nitrogens with zero attached hydrogens (tertiary/aromatic N) is 2. The topological polar surface area (TPSA) is 94.6 Å². The van der Waals surface area contributed by atoms with E-state index in [1.807, 2.05) is 18.2 Å². The maximum atomic E-state index is 12.2. The standard InChI is InChI=1S/C16H19ClN4O3S/c17-11-3-4-13-12(8-11)14(20-25-13)18-5-6-19-15(22)10-2-1-7-21(9-10)16(23)24/h3-4,8,10H,1-2,5-7,9H2,(H,18,20)(H,19,22)(H,23,24). The smallest absolute Gasteiger partial charge is 0.407 e. The molecule has 1 unspecified atom stereocenters. The second-order valence-corrected chi connectivity index (χ2v) is 7.20. The van der Waals surface area contributed by atoms with E-state index in [0.29, 0.717) is 31.1 Å². The van der Waals surface area contributed by atoms with Crippen molar-refractivity contribution in [2.45, 2.75) is 12.8 Å². The van der Waals surface area contributed by atoms with Crippen LogP contribution in [-0.2, 0) is 4.79 Å². The molecule has 1 aliphatic heterocycles. The van der Waals surface area contributed by atoms with Crippen molar-refractivity contribution in [1.29, 1.82) is 0 Å². The van der Waals surface area contributed by atoms with Crippen molar-refractivity contribution in [2.75, 3.05) is 31.5 Å². The monoisotopic (exact) mass is 382 g/mol. The van der Waals surface area contributed by atoms with Gasteiger partial charge in [-0.25, -0.2) is 4.79 Å². The fourth-order valence-corrected chi connectivity index (χ4v) is 3.82. The molecule has 0 aliphatic carbocycles. The fraction of sp³-hybridized carbons (Fsp3) is 0.438. The molecule has 0 bridgehead atoms. The Morgan fingerprint density at radius 2 is 2.24 bits per heavy atom. The molecule has 0 saturated carbocycles. The van der Waals surface area contributed by atoms with Crippen molar-refractivity contribution >= 4 is 51.0 Å². The Labute approximate surface area is 154 Å². The van der Waals surface area contributed by atoms with E-state index in [2.05, 4.69) is 15.0 Å². The van der Waals surface area contributed by atoms with E-state index >= 15 is 0 Å². The van der Waals surface area contributed by atoms with Crippen LogP contribution >= 0.6 is 23.1 Å². The van der Waals surface area contributed by atoms with Crippen LogP contribution in [0.2, 0.25) is 5.02 Å². The van der Waals surface area contributed by atoms with Gasteiger partial charge in [0.2, 0.25) is 5.91 Å². The number of aromatic nitrogens is 1. The normalized spacial score (nSPS) is 17.5. The molecule has 3 N–H and O–H groups in total. The average molecular weight is 383 g/mol. The zero-order chi connectivity index (χ0) is 17.8. The number of likely N-dealkylation sites (tertiary alicyclic amines) is 1. The molecule has 1 aromatic carbocycles. The van der Waals surface area contributed by atoms with Gasteiger partial charge in [0, 0.05) is 36.6 Å². The number of carboxylic acid groups (broad SMARTS) is 1. The third-order valence-corrected chi connectivity index (χ3v) is 5.27. The summed E-state index contributed by atoms with van der Waals surface area (Å²) in [5.41, 5.74) is 0. The first-order chi connectivity index (χ1) is 12.0. The summed E-state index contributed by atoms with van der Waals surface area (Å²) in [5.74, 6) is 0.383. The molecule has 134 valence electrons. The van der Waals surface area contributed by atoms with Crippen LogP contribution in [0.3, 0.4) is 0 Å². The molecule has 0 spiro atoms. The van der Waals surface area contributed by atoms with Gasteiger partial charge in [0.25, 0.3) is 0 Å². The molecule has 3 rings (SSSR count). The van der Waals surface area contributed by atoms with Gasteiger partial charge in [-0.1, -0.05) is 11.6 Å². The van der Waals surface area contributed by atoms with Crippen molar-refractivity contribution in [2.24, 2.45) is 5.92 Å². The van der Waals surface area contributed by atoms with E-state index in [1.54, 1.807) is 0 Å². The minimum Gasteiger partial charge on any atom is -0.465 e. The number of benzene rings is 1. The molecule has 9 heteroatoms. The van der Waals surface area contributed by atoms with Crippen LogP contribution in [0.4, 0.5) is 10.6 Å². The van der Waals surface area contributed by atoms with Crippen LogP contribution in [0.1, 0.15) is 12.8 Å². The molecule has 1 fully saturated rings. The maximum Gasteiger partial charge on any atom is 0.407 e. The van der Waals surface area contributed by atoms with Crippen molar-refractivity contribution in [3.8, 4) is 0 Å². The zero-order valence-electron chi connectivity index (χ0n) is 13.5. The lowest BCUT2D eigenvalue weighted by Gasteiger charge is -2.29. The van der Waals surface area contributed by atoms with Gasteiger partial charge in [-0.2, -0.15) is 4.37 Å². The minimum absolute atomic E-state index is 0.0982. The maximum absolute atomic E-state index is 12.2. The first kappa shape index (κ1) is 17.8. The molecule has 1 aliphatic rings. The van der Waals surface area contributed by atoms with Crippen LogP contribution in [0, 0.1) is 5.92 Å². The summed E-state index contributed by atoms with van der Waals surface area (Å²) < 4.78 is 5.41. The average Bonchev–Trinajstić information content (AvgIpc) is 3.00. The van der Waals surface area contributed by atoms with Crippen LogP contribution in [0.25, 0.3) is 10.1 Å². The lowest BCUT2D eigenvalue weighted by atomic mass is 9.97. The Balaban J connectivity index is 1.47. The number of nitrogens with one attached hydrogen (secondary N) is 2. The van der Waals surface area contributed by atoms with Crippen molar-refractivity contribution in [3.63, 3.8) is 0 Å². The first-order valence-corrected chi connectivity index (χ1v) is 9.24. The number of carbonyl (C=O) groups excluding carboxylic acids is 1. The number of fused-ring (bicyclic) bond motifs is 1. The minimum atomic E-state index is -0.965. The second kappa shape index (κ2) is 7.88. The Hall–Kier alpha value is -2.06. The summed E-state index contributed by atoms with van der Waals surface area (Å²) >= 11 is 7.41. The molecule has 1 saturated heterocycles. The number of halogens is 1. The summed E-state index contributed by atoms with van der Waals surface area (Å²) in [7, 11) is 0. The van der Waals surface area contributed by atoms with E-state index in [-0.39, 0.29) is 18.4 Å². The Kier molecular flexibility index (Phi) is 5.60. The van der Waals surface area contributed by atoms with Crippen molar-refractivity contribution < 1.29 is 14.7 Å². The van der Waals surface area contributed by atoms with E-state index in [0.717, 1.165) is 22.3 Å².